The van der Waals surface area contributed by atoms with Crippen LogP contribution in [0.2, 0.25) is 0 Å². The highest BCUT2D eigenvalue weighted by atomic mass is 32.2. The van der Waals surface area contributed by atoms with Crippen LogP contribution >= 0.6 is 35.3 Å². The molecule has 0 unspecified atom stereocenters. The van der Waals surface area contributed by atoms with Crippen molar-refractivity contribution in [1.29, 1.82) is 0 Å². The molecule has 0 spiro atoms. The first-order chi connectivity index (χ1) is 20.8. The molecular formula is C39H72S3. The lowest BCUT2D eigenvalue weighted by Gasteiger charge is -2.10. The maximum absolute atomic E-state index is 2.50. The van der Waals surface area contributed by atoms with Crippen molar-refractivity contribution in [3.05, 3.63) is 18.2 Å². The van der Waals surface area contributed by atoms with Crippen LogP contribution in [0.3, 0.4) is 0 Å². The summed E-state index contributed by atoms with van der Waals surface area (Å²) in [6.07, 6.45) is 38.3. The number of unbranched alkanes of at least 4 members (excludes halogenated alkanes) is 24. The summed E-state index contributed by atoms with van der Waals surface area (Å²) < 4.78 is 0. The maximum Gasteiger partial charge on any atom is 0.00942 e. The van der Waals surface area contributed by atoms with E-state index in [0.717, 1.165) is 0 Å². The van der Waals surface area contributed by atoms with Gasteiger partial charge in [0.05, 0.1) is 0 Å². The smallest absolute Gasteiger partial charge is 0.00942 e. The van der Waals surface area contributed by atoms with Gasteiger partial charge in [-0.05, 0) is 54.7 Å². The molecule has 0 aliphatic heterocycles. The molecule has 1 rings (SSSR count). The van der Waals surface area contributed by atoms with Gasteiger partial charge >= 0.3 is 0 Å². The highest BCUT2D eigenvalue weighted by Crippen LogP contribution is 2.33. The molecule has 0 aliphatic rings. The van der Waals surface area contributed by atoms with Crippen LogP contribution in [0.4, 0.5) is 0 Å². The zero-order valence-corrected chi connectivity index (χ0v) is 31.1. The first kappa shape index (κ1) is 40.3. The van der Waals surface area contributed by atoms with E-state index < -0.39 is 0 Å². The van der Waals surface area contributed by atoms with Crippen molar-refractivity contribution in [3.8, 4) is 0 Å². The first-order valence-electron chi connectivity index (χ1n) is 18.8. The van der Waals surface area contributed by atoms with E-state index in [1.165, 1.54) is 205 Å². The second kappa shape index (κ2) is 32.7. The fourth-order valence-corrected chi connectivity index (χ4v) is 8.84. The molecule has 0 aliphatic carbocycles. The Balaban J connectivity index is 2.35. The third kappa shape index (κ3) is 26.7. The van der Waals surface area contributed by atoms with Gasteiger partial charge in [-0.25, -0.2) is 0 Å². The molecule has 246 valence electrons. The molecule has 0 atom stereocenters. The van der Waals surface area contributed by atoms with Crippen LogP contribution in [0, 0.1) is 0 Å². The first-order valence-corrected chi connectivity index (χ1v) is 21.8. The van der Waals surface area contributed by atoms with Crippen molar-refractivity contribution in [2.45, 2.75) is 209 Å². The van der Waals surface area contributed by atoms with E-state index in [1.807, 2.05) is 0 Å². The van der Waals surface area contributed by atoms with E-state index in [4.69, 9.17) is 0 Å². The average Bonchev–Trinajstić information content (AvgIpc) is 3.00. The monoisotopic (exact) mass is 636 g/mol. The average molecular weight is 637 g/mol. The van der Waals surface area contributed by atoms with Gasteiger partial charge in [-0.1, -0.05) is 175 Å². The summed E-state index contributed by atoms with van der Waals surface area (Å²) in [6, 6.07) is 7.50. The summed E-state index contributed by atoms with van der Waals surface area (Å²) in [4.78, 5) is 4.55. The fourth-order valence-electron chi connectivity index (χ4n) is 5.60. The van der Waals surface area contributed by atoms with Crippen LogP contribution in [0.5, 0.6) is 0 Å². The Kier molecular flexibility index (Phi) is 31.3. The van der Waals surface area contributed by atoms with Gasteiger partial charge in [0.25, 0.3) is 0 Å². The quantitative estimate of drug-likeness (QED) is 0.0556. The van der Waals surface area contributed by atoms with Crippen LogP contribution < -0.4 is 0 Å². The lowest BCUT2D eigenvalue weighted by Crippen LogP contribution is -1.88. The molecular weight excluding hydrogens is 565 g/mol. The van der Waals surface area contributed by atoms with Gasteiger partial charge in [0.15, 0.2) is 0 Å². The topological polar surface area (TPSA) is 0 Å². The molecule has 3 heteroatoms. The van der Waals surface area contributed by atoms with Gasteiger partial charge in [-0.15, -0.1) is 35.3 Å². The molecule has 0 fully saturated rings. The molecule has 0 bridgehead atoms. The molecule has 0 saturated carbocycles. The molecule has 0 nitrogen and oxygen atoms in total. The van der Waals surface area contributed by atoms with E-state index in [9.17, 15) is 0 Å². The predicted octanol–water partition coefficient (Wildman–Crippen LogP) is 15.6. The summed E-state index contributed by atoms with van der Waals surface area (Å²) in [7, 11) is 0. The third-order valence-electron chi connectivity index (χ3n) is 8.40. The minimum atomic E-state index is 1.28. The van der Waals surface area contributed by atoms with E-state index in [2.05, 4.69) is 74.3 Å². The van der Waals surface area contributed by atoms with Crippen molar-refractivity contribution < 1.29 is 0 Å². The molecule has 0 aromatic heterocycles. The molecule has 0 radical (unpaired) electrons. The standard InChI is InChI=1S/C39H72S3/c1-4-7-10-13-16-19-22-25-28-31-40-37-34-38(41-32-29-26-23-20-17-14-11-8-5-2)36-39(35-37)42-33-30-27-24-21-18-15-12-9-6-3/h34-36H,4-33H2,1-3H3. The van der Waals surface area contributed by atoms with Crippen molar-refractivity contribution in [2.75, 3.05) is 17.3 Å². The lowest BCUT2D eigenvalue weighted by atomic mass is 10.1. The lowest BCUT2D eigenvalue weighted by molar-refractivity contribution is 0.573. The molecule has 1 aromatic carbocycles. The van der Waals surface area contributed by atoms with E-state index in [1.54, 1.807) is 0 Å². The fraction of sp³-hybridized carbons (Fsp3) is 0.846. The number of benzene rings is 1. The Labute approximate surface area is 278 Å². The second-order valence-electron chi connectivity index (χ2n) is 12.7. The highest BCUT2D eigenvalue weighted by Gasteiger charge is 2.05. The van der Waals surface area contributed by atoms with Crippen LogP contribution in [-0.2, 0) is 0 Å². The van der Waals surface area contributed by atoms with Crippen LogP contribution in [-0.4, -0.2) is 17.3 Å². The minimum Gasteiger partial charge on any atom is -0.126 e. The number of hydrogen-bond acceptors (Lipinski definition) is 3. The van der Waals surface area contributed by atoms with Gasteiger partial charge in [0, 0.05) is 14.7 Å². The van der Waals surface area contributed by atoms with Crippen molar-refractivity contribution in [3.63, 3.8) is 0 Å². The van der Waals surface area contributed by atoms with E-state index >= 15 is 0 Å². The van der Waals surface area contributed by atoms with Crippen LogP contribution in [0.1, 0.15) is 194 Å². The van der Waals surface area contributed by atoms with Gasteiger partial charge in [-0.2, -0.15) is 0 Å². The Morgan fingerprint density at radius 1 is 0.286 bits per heavy atom. The normalized spacial score (nSPS) is 11.5. The molecule has 0 amide bonds. The van der Waals surface area contributed by atoms with Gasteiger partial charge in [-0.3, -0.25) is 0 Å². The molecule has 0 saturated heterocycles. The van der Waals surface area contributed by atoms with Crippen molar-refractivity contribution in [2.24, 2.45) is 0 Å². The summed E-state index contributed by atoms with van der Waals surface area (Å²) in [5, 5.41) is 0. The summed E-state index contributed by atoms with van der Waals surface area (Å²) in [6.45, 7) is 6.93. The van der Waals surface area contributed by atoms with E-state index in [-0.39, 0.29) is 0 Å². The predicted molar refractivity (Wildman–Crippen MR) is 200 cm³/mol. The SMILES string of the molecule is CCCCCCCCCCCSc1cc(SCCCCCCCCCCC)cc(SCCCCCCCCCCC)c1. The highest BCUT2D eigenvalue weighted by molar-refractivity contribution is 8.00. The zero-order valence-electron chi connectivity index (χ0n) is 28.7. The van der Waals surface area contributed by atoms with E-state index in [0.29, 0.717) is 0 Å². The summed E-state index contributed by atoms with van der Waals surface area (Å²) >= 11 is 6.34. The third-order valence-corrected chi connectivity index (χ3v) is 11.6. The van der Waals surface area contributed by atoms with Crippen molar-refractivity contribution in [1.82, 2.24) is 0 Å². The largest absolute Gasteiger partial charge is 0.126 e. The van der Waals surface area contributed by atoms with Crippen LogP contribution in [0.15, 0.2) is 32.9 Å². The molecule has 0 N–H and O–H groups in total. The number of hydrogen-bond donors (Lipinski definition) is 0. The number of rotatable bonds is 33. The summed E-state index contributed by atoms with van der Waals surface area (Å²) in [5.74, 6) is 3.85. The number of thioether (sulfide) groups is 3. The minimum absolute atomic E-state index is 1.28. The van der Waals surface area contributed by atoms with Crippen molar-refractivity contribution >= 4 is 35.3 Å². The molecule has 0 heterocycles. The van der Waals surface area contributed by atoms with Crippen LogP contribution in [0.25, 0.3) is 0 Å². The van der Waals surface area contributed by atoms with Gasteiger partial charge in [0.1, 0.15) is 0 Å². The van der Waals surface area contributed by atoms with Gasteiger partial charge < -0.3 is 0 Å². The second-order valence-corrected chi connectivity index (χ2v) is 16.2. The Morgan fingerprint density at radius 3 is 0.690 bits per heavy atom. The molecule has 1 aromatic rings. The zero-order chi connectivity index (χ0) is 30.2. The Hall–Kier alpha value is 0.270. The summed E-state index contributed by atoms with van der Waals surface area (Å²) in [5.41, 5.74) is 0. The Morgan fingerprint density at radius 2 is 0.476 bits per heavy atom. The Bertz CT molecular complexity index is 571. The molecule has 42 heavy (non-hydrogen) atoms. The maximum atomic E-state index is 2.50. The van der Waals surface area contributed by atoms with Gasteiger partial charge in [0.2, 0.25) is 0 Å².